The van der Waals surface area contributed by atoms with Crippen LogP contribution in [0, 0.1) is 0 Å². The first-order valence-electron chi connectivity index (χ1n) is 5.28. The third kappa shape index (κ3) is 4.44. The molecule has 1 unspecified atom stereocenters. The summed E-state index contributed by atoms with van der Waals surface area (Å²) in [6.07, 6.45) is 0.293. The molecule has 0 aliphatic rings. The topological polar surface area (TPSA) is 66.4 Å². The number of carbonyl (C=O) groups is 2. The summed E-state index contributed by atoms with van der Waals surface area (Å²) in [5.74, 6) is -1.00. The third-order valence-corrected chi connectivity index (χ3v) is 2.64. The Bertz CT molecular complexity index is 403. The first-order chi connectivity index (χ1) is 8.02. The SMILES string of the molecule is CCC(=O)Nc1ccc(C(Cl)CC(=O)O)cc1. The van der Waals surface area contributed by atoms with Crippen molar-refractivity contribution >= 4 is 29.2 Å². The van der Waals surface area contributed by atoms with Crippen LogP contribution in [0.1, 0.15) is 30.7 Å². The molecule has 92 valence electrons. The van der Waals surface area contributed by atoms with Gasteiger partial charge in [0.1, 0.15) is 0 Å². The molecule has 1 rings (SSSR count). The molecule has 0 radical (unpaired) electrons. The van der Waals surface area contributed by atoms with Gasteiger partial charge in [-0.25, -0.2) is 0 Å². The predicted octanol–water partition coefficient (Wildman–Crippen LogP) is 2.79. The quantitative estimate of drug-likeness (QED) is 0.795. The highest BCUT2D eigenvalue weighted by Crippen LogP contribution is 2.25. The molecule has 0 saturated heterocycles. The second-order valence-electron chi connectivity index (χ2n) is 3.59. The van der Waals surface area contributed by atoms with E-state index in [-0.39, 0.29) is 12.3 Å². The zero-order chi connectivity index (χ0) is 12.8. The van der Waals surface area contributed by atoms with Crippen LogP contribution in [-0.4, -0.2) is 17.0 Å². The van der Waals surface area contributed by atoms with E-state index < -0.39 is 11.3 Å². The van der Waals surface area contributed by atoms with Crippen molar-refractivity contribution in [3.63, 3.8) is 0 Å². The van der Waals surface area contributed by atoms with Gasteiger partial charge in [0.2, 0.25) is 5.91 Å². The largest absolute Gasteiger partial charge is 0.481 e. The summed E-state index contributed by atoms with van der Waals surface area (Å²) in [7, 11) is 0. The smallest absolute Gasteiger partial charge is 0.305 e. The van der Waals surface area contributed by atoms with Crippen molar-refractivity contribution in [1.29, 1.82) is 0 Å². The summed E-state index contributed by atoms with van der Waals surface area (Å²) in [5, 5.41) is 10.8. The second kappa shape index (κ2) is 6.25. The molecule has 2 N–H and O–H groups in total. The van der Waals surface area contributed by atoms with Crippen LogP contribution in [0.3, 0.4) is 0 Å². The lowest BCUT2D eigenvalue weighted by molar-refractivity contribution is -0.137. The molecule has 5 heteroatoms. The fourth-order valence-corrected chi connectivity index (χ4v) is 1.57. The Balaban J connectivity index is 2.67. The van der Waals surface area contributed by atoms with E-state index in [1.807, 2.05) is 0 Å². The van der Waals surface area contributed by atoms with Gasteiger partial charge in [-0.1, -0.05) is 19.1 Å². The number of benzene rings is 1. The molecule has 0 aromatic heterocycles. The first-order valence-corrected chi connectivity index (χ1v) is 5.72. The Morgan fingerprint density at radius 2 is 1.94 bits per heavy atom. The average molecular weight is 256 g/mol. The number of hydrogen-bond acceptors (Lipinski definition) is 2. The van der Waals surface area contributed by atoms with E-state index in [0.717, 1.165) is 5.56 Å². The van der Waals surface area contributed by atoms with E-state index in [2.05, 4.69) is 5.32 Å². The maximum atomic E-state index is 11.1. The van der Waals surface area contributed by atoms with E-state index in [4.69, 9.17) is 16.7 Å². The molecule has 1 atom stereocenters. The Labute approximate surface area is 105 Å². The number of anilines is 1. The standard InChI is InChI=1S/C12H14ClNO3/c1-2-11(15)14-9-5-3-8(4-6-9)10(13)7-12(16)17/h3-6,10H,2,7H2,1H3,(H,14,15)(H,16,17). The van der Waals surface area contributed by atoms with E-state index in [9.17, 15) is 9.59 Å². The molecular weight excluding hydrogens is 242 g/mol. The van der Waals surface area contributed by atoms with Crippen molar-refractivity contribution in [2.75, 3.05) is 5.32 Å². The van der Waals surface area contributed by atoms with Gasteiger partial charge in [0.05, 0.1) is 11.8 Å². The van der Waals surface area contributed by atoms with Gasteiger partial charge in [0.15, 0.2) is 0 Å². The van der Waals surface area contributed by atoms with Gasteiger partial charge in [0.25, 0.3) is 0 Å². The molecule has 0 fully saturated rings. The summed E-state index contributed by atoms with van der Waals surface area (Å²) in [5.41, 5.74) is 1.41. The van der Waals surface area contributed by atoms with Gasteiger partial charge in [-0.05, 0) is 17.7 Å². The minimum atomic E-state index is -0.937. The molecule has 17 heavy (non-hydrogen) atoms. The molecule has 1 amide bonds. The van der Waals surface area contributed by atoms with Crippen molar-refractivity contribution in [3.8, 4) is 0 Å². The second-order valence-corrected chi connectivity index (χ2v) is 4.12. The number of carbonyl (C=O) groups excluding carboxylic acids is 1. The van der Waals surface area contributed by atoms with Crippen molar-refractivity contribution in [2.24, 2.45) is 0 Å². The van der Waals surface area contributed by atoms with Crippen molar-refractivity contribution in [2.45, 2.75) is 25.1 Å². The van der Waals surface area contributed by atoms with Crippen LogP contribution in [0.25, 0.3) is 0 Å². The minimum absolute atomic E-state index is 0.0642. The Morgan fingerprint density at radius 3 is 2.41 bits per heavy atom. The molecular formula is C12H14ClNO3. The zero-order valence-electron chi connectivity index (χ0n) is 9.44. The Morgan fingerprint density at radius 1 is 1.35 bits per heavy atom. The normalized spacial score (nSPS) is 11.9. The fourth-order valence-electron chi connectivity index (χ4n) is 1.30. The molecule has 0 heterocycles. The van der Waals surface area contributed by atoms with Crippen LogP contribution in [0.5, 0.6) is 0 Å². The molecule has 1 aromatic rings. The van der Waals surface area contributed by atoms with Gasteiger partial charge in [0, 0.05) is 12.1 Å². The Hall–Kier alpha value is -1.55. The van der Waals surface area contributed by atoms with E-state index in [1.165, 1.54) is 0 Å². The van der Waals surface area contributed by atoms with Crippen LogP contribution >= 0.6 is 11.6 Å². The van der Waals surface area contributed by atoms with Crippen molar-refractivity contribution in [3.05, 3.63) is 29.8 Å². The van der Waals surface area contributed by atoms with Crippen molar-refractivity contribution in [1.82, 2.24) is 0 Å². The summed E-state index contributed by atoms with van der Waals surface area (Å²) in [4.78, 5) is 21.6. The van der Waals surface area contributed by atoms with Crippen LogP contribution in [0.4, 0.5) is 5.69 Å². The zero-order valence-corrected chi connectivity index (χ0v) is 10.2. The highest BCUT2D eigenvalue weighted by Gasteiger charge is 2.12. The van der Waals surface area contributed by atoms with E-state index in [0.29, 0.717) is 12.1 Å². The van der Waals surface area contributed by atoms with Crippen molar-refractivity contribution < 1.29 is 14.7 Å². The van der Waals surface area contributed by atoms with E-state index in [1.54, 1.807) is 31.2 Å². The monoisotopic (exact) mass is 255 g/mol. The first kappa shape index (κ1) is 13.5. The number of halogens is 1. The van der Waals surface area contributed by atoms with Crippen LogP contribution in [0.15, 0.2) is 24.3 Å². The van der Waals surface area contributed by atoms with Crippen LogP contribution < -0.4 is 5.32 Å². The number of carboxylic acid groups (broad SMARTS) is 1. The van der Waals surface area contributed by atoms with Gasteiger partial charge in [-0.3, -0.25) is 9.59 Å². The molecule has 1 aromatic carbocycles. The molecule has 4 nitrogen and oxygen atoms in total. The predicted molar refractivity (Wildman–Crippen MR) is 66.2 cm³/mol. The summed E-state index contributed by atoms with van der Waals surface area (Å²) in [6, 6.07) is 6.85. The number of aliphatic carboxylic acids is 1. The highest BCUT2D eigenvalue weighted by molar-refractivity contribution is 6.21. The highest BCUT2D eigenvalue weighted by atomic mass is 35.5. The summed E-state index contributed by atoms with van der Waals surface area (Å²) >= 11 is 5.92. The maximum absolute atomic E-state index is 11.1. The molecule has 0 spiro atoms. The number of amides is 1. The third-order valence-electron chi connectivity index (χ3n) is 2.23. The fraction of sp³-hybridized carbons (Fsp3) is 0.333. The summed E-state index contributed by atoms with van der Waals surface area (Å²) < 4.78 is 0. The molecule has 0 aliphatic heterocycles. The van der Waals surface area contributed by atoms with Crippen LogP contribution in [0.2, 0.25) is 0 Å². The lowest BCUT2D eigenvalue weighted by Crippen LogP contribution is -2.09. The lowest BCUT2D eigenvalue weighted by Gasteiger charge is -2.08. The van der Waals surface area contributed by atoms with Gasteiger partial charge >= 0.3 is 5.97 Å². The number of carboxylic acids is 1. The van der Waals surface area contributed by atoms with Gasteiger partial charge in [-0.2, -0.15) is 0 Å². The minimum Gasteiger partial charge on any atom is -0.481 e. The number of alkyl halides is 1. The summed E-state index contributed by atoms with van der Waals surface area (Å²) in [6.45, 7) is 1.77. The molecule has 0 aliphatic carbocycles. The maximum Gasteiger partial charge on any atom is 0.305 e. The van der Waals surface area contributed by atoms with Crippen LogP contribution in [-0.2, 0) is 9.59 Å². The molecule has 0 bridgehead atoms. The molecule has 0 saturated carbocycles. The number of hydrogen-bond donors (Lipinski definition) is 2. The lowest BCUT2D eigenvalue weighted by atomic mass is 10.1. The van der Waals surface area contributed by atoms with E-state index >= 15 is 0 Å². The Kier molecular flexibility index (Phi) is 4.97. The number of nitrogens with one attached hydrogen (secondary N) is 1. The average Bonchev–Trinajstić information content (AvgIpc) is 2.28. The van der Waals surface area contributed by atoms with Gasteiger partial charge in [-0.15, -0.1) is 11.6 Å². The number of rotatable bonds is 5. The van der Waals surface area contributed by atoms with Gasteiger partial charge < -0.3 is 10.4 Å².